The van der Waals surface area contributed by atoms with Crippen molar-refractivity contribution in [2.45, 2.75) is 31.8 Å². The number of aromatic amines is 1. The molecule has 4 rings (SSSR count). The quantitative estimate of drug-likeness (QED) is 0.749. The lowest BCUT2D eigenvalue weighted by molar-refractivity contribution is -0.144. The number of aromatic nitrogens is 1. The predicted molar refractivity (Wildman–Crippen MR) is 98.6 cm³/mol. The third-order valence-corrected chi connectivity index (χ3v) is 5.19. The Kier molecular flexibility index (Phi) is 4.28. The monoisotopic (exact) mass is 334 g/mol. The number of hydrogen-bond donors (Lipinski definition) is 2. The van der Waals surface area contributed by atoms with Gasteiger partial charge in [0.2, 0.25) is 0 Å². The lowest BCUT2D eigenvalue weighted by atomic mass is 9.99. The number of carboxylic acid groups (broad SMARTS) is 1. The summed E-state index contributed by atoms with van der Waals surface area (Å²) in [6.45, 7) is 1.47. The zero-order chi connectivity index (χ0) is 17.2. The van der Waals surface area contributed by atoms with Crippen molar-refractivity contribution in [1.82, 2.24) is 9.88 Å². The largest absolute Gasteiger partial charge is 0.480 e. The van der Waals surface area contributed by atoms with Crippen LogP contribution in [0.1, 0.15) is 23.2 Å². The summed E-state index contributed by atoms with van der Waals surface area (Å²) in [5, 5.41) is 11.0. The highest BCUT2D eigenvalue weighted by Crippen LogP contribution is 2.29. The maximum Gasteiger partial charge on any atom is 0.320 e. The summed E-state index contributed by atoms with van der Waals surface area (Å²) in [6.07, 6.45) is 2.32. The maximum absolute atomic E-state index is 11.9. The summed E-state index contributed by atoms with van der Waals surface area (Å²) in [6, 6.07) is 18.0. The van der Waals surface area contributed by atoms with Crippen LogP contribution >= 0.6 is 0 Å². The van der Waals surface area contributed by atoms with E-state index in [0.717, 1.165) is 24.9 Å². The van der Waals surface area contributed by atoms with E-state index in [4.69, 9.17) is 0 Å². The number of nitrogens with zero attached hydrogens (tertiary/aromatic N) is 1. The zero-order valence-corrected chi connectivity index (χ0v) is 14.1. The second kappa shape index (κ2) is 6.73. The SMILES string of the molecule is O=C(O)C(CCc1ccccc1)N1CCc2c([nH]c3ccccc23)C1. The first-order valence-corrected chi connectivity index (χ1v) is 8.81. The van der Waals surface area contributed by atoms with Gasteiger partial charge >= 0.3 is 5.97 Å². The van der Waals surface area contributed by atoms with Crippen LogP contribution in [0, 0.1) is 0 Å². The van der Waals surface area contributed by atoms with E-state index >= 15 is 0 Å². The molecule has 0 bridgehead atoms. The number of hydrogen-bond acceptors (Lipinski definition) is 2. The Balaban J connectivity index is 1.52. The van der Waals surface area contributed by atoms with Crippen LogP contribution in [0.4, 0.5) is 0 Å². The Morgan fingerprint density at radius 3 is 2.68 bits per heavy atom. The molecule has 0 aliphatic carbocycles. The van der Waals surface area contributed by atoms with Crippen LogP contribution in [-0.4, -0.2) is 33.5 Å². The summed E-state index contributed by atoms with van der Waals surface area (Å²) >= 11 is 0. The van der Waals surface area contributed by atoms with Crippen LogP contribution in [0.5, 0.6) is 0 Å². The topological polar surface area (TPSA) is 56.3 Å². The van der Waals surface area contributed by atoms with E-state index in [1.54, 1.807) is 0 Å². The van der Waals surface area contributed by atoms with E-state index in [-0.39, 0.29) is 0 Å². The first-order valence-electron chi connectivity index (χ1n) is 8.81. The number of nitrogens with one attached hydrogen (secondary N) is 1. The van der Waals surface area contributed by atoms with E-state index in [9.17, 15) is 9.90 Å². The van der Waals surface area contributed by atoms with E-state index in [2.05, 4.69) is 40.2 Å². The van der Waals surface area contributed by atoms with Gasteiger partial charge in [-0.1, -0.05) is 48.5 Å². The Morgan fingerprint density at radius 2 is 1.88 bits per heavy atom. The normalized spacial score (nSPS) is 15.8. The summed E-state index contributed by atoms with van der Waals surface area (Å²) in [4.78, 5) is 17.4. The average Bonchev–Trinajstić information content (AvgIpc) is 3.00. The molecule has 1 aliphatic heterocycles. The van der Waals surface area contributed by atoms with Crippen LogP contribution in [0.25, 0.3) is 10.9 Å². The molecule has 25 heavy (non-hydrogen) atoms. The minimum atomic E-state index is -0.726. The van der Waals surface area contributed by atoms with Gasteiger partial charge in [0, 0.05) is 29.7 Å². The van der Waals surface area contributed by atoms with E-state index in [1.807, 2.05) is 24.3 Å². The second-order valence-electron chi connectivity index (χ2n) is 6.73. The summed E-state index contributed by atoms with van der Waals surface area (Å²) in [7, 11) is 0. The number of aliphatic carboxylic acids is 1. The van der Waals surface area contributed by atoms with Gasteiger partial charge in [-0.3, -0.25) is 9.69 Å². The van der Waals surface area contributed by atoms with Gasteiger partial charge in [-0.15, -0.1) is 0 Å². The van der Waals surface area contributed by atoms with Gasteiger partial charge in [-0.05, 0) is 36.5 Å². The van der Waals surface area contributed by atoms with Crippen LogP contribution in [0.3, 0.4) is 0 Å². The molecule has 3 aromatic rings. The van der Waals surface area contributed by atoms with Crippen LogP contribution < -0.4 is 0 Å². The first-order chi connectivity index (χ1) is 12.2. The summed E-state index contributed by atoms with van der Waals surface area (Å²) in [5.41, 5.74) is 4.85. The van der Waals surface area contributed by atoms with Gasteiger partial charge in [0.1, 0.15) is 6.04 Å². The second-order valence-corrected chi connectivity index (χ2v) is 6.73. The number of para-hydroxylation sites is 1. The smallest absolute Gasteiger partial charge is 0.320 e. The van der Waals surface area contributed by atoms with Gasteiger partial charge in [0.25, 0.3) is 0 Å². The Morgan fingerprint density at radius 1 is 1.12 bits per heavy atom. The van der Waals surface area contributed by atoms with Crippen molar-refractivity contribution in [1.29, 1.82) is 0 Å². The Bertz CT molecular complexity index is 885. The van der Waals surface area contributed by atoms with Crippen molar-refractivity contribution in [3.8, 4) is 0 Å². The lowest BCUT2D eigenvalue weighted by Crippen LogP contribution is -2.44. The number of rotatable bonds is 5. The summed E-state index contributed by atoms with van der Waals surface area (Å²) < 4.78 is 0. The van der Waals surface area contributed by atoms with Crippen LogP contribution in [-0.2, 0) is 24.2 Å². The number of carboxylic acids is 1. The molecule has 0 fully saturated rings. The van der Waals surface area contributed by atoms with Crippen molar-refractivity contribution in [3.05, 3.63) is 71.4 Å². The fourth-order valence-corrected chi connectivity index (χ4v) is 3.89. The van der Waals surface area contributed by atoms with Gasteiger partial charge in [0.15, 0.2) is 0 Å². The number of aryl methyl sites for hydroxylation is 1. The molecule has 4 heteroatoms. The number of fused-ring (bicyclic) bond motifs is 3. The molecule has 1 aliphatic rings. The maximum atomic E-state index is 11.9. The van der Waals surface area contributed by atoms with Gasteiger partial charge in [0.05, 0.1) is 0 Å². The molecule has 0 radical (unpaired) electrons. The molecule has 0 amide bonds. The van der Waals surface area contributed by atoms with Crippen molar-refractivity contribution in [3.63, 3.8) is 0 Å². The molecule has 2 heterocycles. The minimum absolute atomic E-state index is 0.445. The van der Waals surface area contributed by atoms with Gasteiger partial charge < -0.3 is 10.1 Å². The van der Waals surface area contributed by atoms with E-state index in [1.165, 1.54) is 22.2 Å². The number of benzene rings is 2. The standard InChI is InChI=1S/C21H22N2O2/c24-21(25)20(11-10-15-6-2-1-3-7-15)23-13-12-17-16-8-4-5-9-18(16)22-19(17)14-23/h1-9,20,22H,10-14H2,(H,24,25). The van der Waals surface area contributed by atoms with Crippen LogP contribution in [0.2, 0.25) is 0 Å². The van der Waals surface area contributed by atoms with Gasteiger partial charge in [-0.25, -0.2) is 0 Å². The highest BCUT2D eigenvalue weighted by Gasteiger charge is 2.30. The Hall–Kier alpha value is -2.59. The predicted octanol–water partition coefficient (Wildman–Crippen LogP) is 3.61. The summed E-state index contributed by atoms with van der Waals surface area (Å²) in [5.74, 6) is -0.726. The van der Waals surface area contributed by atoms with Crippen molar-refractivity contribution in [2.24, 2.45) is 0 Å². The lowest BCUT2D eigenvalue weighted by Gasteiger charge is -2.32. The molecule has 1 unspecified atom stereocenters. The molecule has 1 atom stereocenters. The molecule has 2 N–H and O–H groups in total. The molecule has 2 aromatic carbocycles. The molecule has 0 spiro atoms. The highest BCUT2D eigenvalue weighted by atomic mass is 16.4. The van der Waals surface area contributed by atoms with Crippen molar-refractivity contribution in [2.75, 3.05) is 6.54 Å². The first kappa shape index (κ1) is 15.9. The van der Waals surface area contributed by atoms with E-state index in [0.29, 0.717) is 13.0 Å². The van der Waals surface area contributed by atoms with Crippen molar-refractivity contribution < 1.29 is 9.90 Å². The molecule has 4 nitrogen and oxygen atoms in total. The fraction of sp³-hybridized carbons (Fsp3) is 0.286. The molecule has 0 saturated heterocycles. The van der Waals surface area contributed by atoms with E-state index < -0.39 is 12.0 Å². The zero-order valence-electron chi connectivity index (χ0n) is 14.1. The third kappa shape index (κ3) is 3.17. The molecule has 128 valence electrons. The Labute approximate surface area is 147 Å². The number of H-pyrrole nitrogens is 1. The van der Waals surface area contributed by atoms with Gasteiger partial charge in [-0.2, -0.15) is 0 Å². The average molecular weight is 334 g/mol. The molecular formula is C21H22N2O2. The number of carbonyl (C=O) groups is 1. The highest BCUT2D eigenvalue weighted by molar-refractivity contribution is 5.85. The molecule has 1 aromatic heterocycles. The molecule has 0 saturated carbocycles. The van der Waals surface area contributed by atoms with Crippen molar-refractivity contribution >= 4 is 16.9 Å². The third-order valence-electron chi connectivity index (χ3n) is 5.19. The minimum Gasteiger partial charge on any atom is -0.480 e. The fourth-order valence-electron chi connectivity index (χ4n) is 3.89. The van der Waals surface area contributed by atoms with Crippen LogP contribution in [0.15, 0.2) is 54.6 Å². The molecular weight excluding hydrogens is 312 g/mol.